The van der Waals surface area contributed by atoms with E-state index in [1.54, 1.807) is 11.3 Å². The Hall–Kier alpha value is -0.870. The summed E-state index contributed by atoms with van der Waals surface area (Å²) in [6, 6.07) is 2.14. The summed E-state index contributed by atoms with van der Waals surface area (Å²) >= 11 is 1.72. The van der Waals surface area contributed by atoms with Crippen molar-refractivity contribution in [3.63, 3.8) is 0 Å². The summed E-state index contributed by atoms with van der Waals surface area (Å²) in [5.41, 5.74) is 0.990. The van der Waals surface area contributed by atoms with Crippen LogP contribution in [0, 0.1) is 0 Å². The SMILES string of the molecule is CCc1ccsc1CNC(=O)C1(C)CCCN1. The zero-order valence-corrected chi connectivity index (χ0v) is 11.3. The Morgan fingerprint density at radius 2 is 2.47 bits per heavy atom. The van der Waals surface area contributed by atoms with Crippen molar-refractivity contribution in [2.45, 2.75) is 45.2 Å². The Morgan fingerprint density at radius 3 is 3.12 bits per heavy atom. The first-order valence-corrected chi connectivity index (χ1v) is 7.12. The number of carbonyl (C=O) groups excluding carboxylic acids is 1. The standard InChI is InChI=1S/C13H20N2OS/c1-3-10-5-8-17-11(10)9-14-12(16)13(2)6-4-7-15-13/h5,8,15H,3-4,6-7,9H2,1-2H3,(H,14,16). The molecule has 0 radical (unpaired) electrons. The van der Waals surface area contributed by atoms with Crippen LogP contribution < -0.4 is 10.6 Å². The van der Waals surface area contributed by atoms with Crippen LogP contribution in [0.1, 0.15) is 37.1 Å². The van der Waals surface area contributed by atoms with E-state index in [9.17, 15) is 4.79 Å². The number of thiophene rings is 1. The number of hydrogen-bond donors (Lipinski definition) is 2. The van der Waals surface area contributed by atoms with Crippen molar-refractivity contribution in [2.24, 2.45) is 0 Å². The van der Waals surface area contributed by atoms with Gasteiger partial charge in [-0.3, -0.25) is 4.79 Å². The molecule has 2 rings (SSSR count). The fraction of sp³-hybridized carbons (Fsp3) is 0.615. The Morgan fingerprint density at radius 1 is 1.65 bits per heavy atom. The predicted octanol–water partition coefficient (Wildman–Crippen LogP) is 2.07. The lowest BCUT2D eigenvalue weighted by Gasteiger charge is -2.23. The third kappa shape index (κ3) is 2.69. The lowest BCUT2D eigenvalue weighted by Crippen LogP contribution is -2.50. The number of hydrogen-bond acceptors (Lipinski definition) is 3. The second-order valence-electron chi connectivity index (χ2n) is 4.77. The first-order chi connectivity index (χ1) is 8.15. The minimum absolute atomic E-state index is 0.130. The zero-order chi connectivity index (χ0) is 12.3. The normalized spacial score (nSPS) is 23.9. The number of amides is 1. The molecule has 1 aliphatic rings. The number of rotatable bonds is 4. The van der Waals surface area contributed by atoms with E-state index >= 15 is 0 Å². The van der Waals surface area contributed by atoms with Crippen molar-refractivity contribution in [3.8, 4) is 0 Å². The summed E-state index contributed by atoms with van der Waals surface area (Å²) in [6.07, 6.45) is 3.05. The van der Waals surface area contributed by atoms with E-state index in [-0.39, 0.29) is 11.4 Å². The van der Waals surface area contributed by atoms with Crippen molar-refractivity contribution in [1.82, 2.24) is 10.6 Å². The minimum atomic E-state index is -0.358. The van der Waals surface area contributed by atoms with E-state index < -0.39 is 0 Å². The first kappa shape index (κ1) is 12.6. The van der Waals surface area contributed by atoms with Gasteiger partial charge in [0.15, 0.2) is 0 Å². The summed E-state index contributed by atoms with van der Waals surface area (Å²) in [4.78, 5) is 13.4. The predicted molar refractivity (Wildman–Crippen MR) is 71.2 cm³/mol. The van der Waals surface area contributed by atoms with Crippen molar-refractivity contribution in [3.05, 3.63) is 21.9 Å². The smallest absolute Gasteiger partial charge is 0.240 e. The van der Waals surface area contributed by atoms with Gasteiger partial charge in [-0.15, -0.1) is 11.3 Å². The molecule has 1 unspecified atom stereocenters. The van der Waals surface area contributed by atoms with Crippen LogP contribution in [0.3, 0.4) is 0 Å². The molecule has 1 aromatic rings. The summed E-state index contributed by atoms with van der Waals surface area (Å²) in [5, 5.41) is 8.43. The molecule has 3 nitrogen and oxygen atoms in total. The summed E-state index contributed by atoms with van der Waals surface area (Å²) in [7, 11) is 0. The number of aryl methyl sites for hydroxylation is 1. The quantitative estimate of drug-likeness (QED) is 0.861. The molecule has 1 fully saturated rings. The van der Waals surface area contributed by atoms with E-state index in [0.29, 0.717) is 6.54 Å². The van der Waals surface area contributed by atoms with Gasteiger partial charge in [0.05, 0.1) is 12.1 Å². The molecule has 1 aliphatic heterocycles. The van der Waals surface area contributed by atoms with Crippen LogP contribution in [0.5, 0.6) is 0 Å². The van der Waals surface area contributed by atoms with E-state index in [2.05, 4.69) is 29.0 Å². The second-order valence-corrected chi connectivity index (χ2v) is 5.77. The van der Waals surface area contributed by atoms with Crippen LogP contribution in [0.2, 0.25) is 0 Å². The van der Waals surface area contributed by atoms with Crippen LogP contribution in [0.25, 0.3) is 0 Å². The van der Waals surface area contributed by atoms with Gasteiger partial charge in [-0.2, -0.15) is 0 Å². The average molecular weight is 252 g/mol. The van der Waals surface area contributed by atoms with Gasteiger partial charge in [0.25, 0.3) is 0 Å². The van der Waals surface area contributed by atoms with E-state index in [4.69, 9.17) is 0 Å². The van der Waals surface area contributed by atoms with Gasteiger partial charge in [-0.25, -0.2) is 0 Å². The maximum Gasteiger partial charge on any atom is 0.240 e. The van der Waals surface area contributed by atoms with Gasteiger partial charge in [-0.1, -0.05) is 6.92 Å². The van der Waals surface area contributed by atoms with Gasteiger partial charge < -0.3 is 10.6 Å². The van der Waals surface area contributed by atoms with Crippen LogP contribution >= 0.6 is 11.3 Å². The third-order valence-electron chi connectivity index (χ3n) is 3.50. The second kappa shape index (κ2) is 5.19. The van der Waals surface area contributed by atoms with Crippen LogP contribution in [-0.2, 0) is 17.8 Å². The molecular weight excluding hydrogens is 232 g/mol. The molecule has 2 N–H and O–H groups in total. The molecule has 1 aromatic heterocycles. The highest BCUT2D eigenvalue weighted by atomic mass is 32.1. The van der Waals surface area contributed by atoms with Crippen LogP contribution in [0.15, 0.2) is 11.4 Å². The molecule has 17 heavy (non-hydrogen) atoms. The van der Waals surface area contributed by atoms with E-state index in [1.165, 1.54) is 10.4 Å². The molecule has 94 valence electrons. The molecule has 0 aromatic carbocycles. The first-order valence-electron chi connectivity index (χ1n) is 6.24. The summed E-state index contributed by atoms with van der Waals surface area (Å²) < 4.78 is 0. The molecule has 0 bridgehead atoms. The zero-order valence-electron chi connectivity index (χ0n) is 10.5. The Balaban J connectivity index is 1.92. The van der Waals surface area contributed by atoms with E-state index in [0.717, 1.165) is 25.8 Å². The monoisotopic (exact) mass is 252 g/mol. The average Bonchev–Trinajstić information content (AvgIpc) is 2.95. The molecule has 1 amide bonds. The maximum absolute atomic E-state index is 12.1. The van der Waals surface area contributed by atoms with Gasteiger partial charge in [0.2, 0.25) is 5.91 Å². The molecule has 2 heterocycles. The van der Waals surface area contributed by atoms with Gasteiger partial charge in [-0.05, 0) is 49.7 Å². The fourth-order valence-electron chi connectivity index (χ4n) is 2.28. The molecule has 1 saturated heterocycles. The molecule has 0 spiro atoms. The Kier molecular flexibility index (Phi) is 3.84. The highest BCUT2D eigenvalue weighted by Gasteiger charge is 2.35. The largest absolute Gasteiger partial charge is 0.350 e. The lowest BCUT2D eigenvalue weighted by molar-refractivity contribution is -0.126. The lowest BCUT2D eigenvalue weighted by atomic mass is 9.99. The van der Waals surface area contributed by atoms with Crippen molar-refractivity contribution < 1.29 is 4.79 Å². The molecule has 4 heteroatoms. The highest BCUT2D eigenvalue weighted by molar-refractivity contribution is 7.10. The number of nitrogens with one attached hydrogen (secondary N) is 2. The van der Waals surface area contributed by atoms with Gasteiger partial charge in [0, 0.05) is 4.88 Å². The topological polar surface area (TPSA) is 41.1 Å². The third-order valence-corrected chi connectivity index (χ3v) is 4.46. The van der Waals surface area contributed by atoms with E-state index in [1.807, 2.05) is 6.92 Å². The number of carbonyl (C=O) groups is 1. The molecule has 1 atom stereocenters. The van der Waals surface area contributed by atoms with Crippen LogP contribution in [0.4, 0.5) is 0 Å². The minimum Gasteiger partial charge on any atom is -0.350 e. The van der Waals surface area contributed by atoms with Crippen molar-refractivity contribution >= 4 is 17.2 Å². The highest BCUT2D eigenvalue weighted by Crippen LogP contribution is 2.20. The van der Waals surface area contributed by atoms with Gasteiger partial charge in [0.1, 0.15) is 0 Å². The van der Waals surface area contributed by atoms with Crippen molar-refractivity contribution in [1.29, 1.82) is 0 Å². The van der Waals surface area contributed by atoms with Crippen molar-refractivity contribution in [2.75, 3.05) is 6.54 Å². The van der Waals surface area contributed by atoms with Crippen LogP contribution in [-0.4, -0.2) is 18.0 Å². The molecule has 0 aliphatic carbocycles. The summed E-state index contributed by atoms with van der Waals surface area (Å²) in [6.45, 7) is 5.75. The Bertz CT molecular complexity index is 394. The Labute approximate surface area is 107 Å². The fourth-order valence-corrected chi connectivity index (χ4v) is 3.20. The summed E-state index contributed by atoms with van der Waals surface area (Å²) in [5.74, 6) is 0.130. The molecular formula is C13H20N2OS. The molecule has 0 saturated carbocycles. The maximum atomic E-state index is 12.1. The van der Waals surface area contributed by atoms with Gasteiger partial charge >= 0.3 is 0 Å².